The number of halogens is 1. The van der Waals surface area contributed by atoms with Crippen LogP contribution in [0.15, 0.2) is 83.8 Å². The van der Waals surface area contributed by atoms with Crippen LogP contribution in [0.5, 0.6) is 17.2 Å². The Morgan fingerprint density at radius 1 is 0.978 bits per heavy atom. The number of ether oxygens (including phenoxy) is 2. The average molecular weight is 628 g/mol. The van der Waals surface area contributed by atoms with E-state index < -0.39 is 29.3 Å². The molecular formula is C34H34FN5O6. The maximum absolute atomic E-state index is 15.3. The van der Waals surface area contributed by atoms with Crippen LogP contribution in [0.2, 0.25) is 0 Å². The van der Waals surface area contributed by atoms with Crippen LogP contribution in [0.25, 0.3) is 16.6 Å². The van der Waals surface area contributed by atoms with Gasteiger partial charge >= 0.3 is 5.97 Å². The van der Waals surface area contributed by atoms with E-state index in [2.05, 4.69) is 10.3 Å². The molecule has 46 heavy (non-hydrogen) atoms. The quantitative estimate of drug-likeness (QED) is 0.224. The van der Waals surface area contributed by atoms with Gasteiger partial charge in [0.15, 0.2) is 11.6 Å². The highest BCUT2D eigenvalue weighted by molar-refractivity contribution is 6.05. The summed E-state index contributed by atoms with van der Waals surface area (Å²) < 4.78 is 27.5. The summed E-state index contributed by atoms with van der Waals surface area (Å²) in [5.74, 6) is -1.33. The molecule has 1 atom stereocenters. The van der Waals surface area contributed by atoms with Crippen LogP contribution in [0, 0.1) is 18.7 Å². The molecule has 0 aliphatic carbocycles. The van der Waals surface area contributed by atoms with Gasteiger partial charge in [0.25, 0.3) is 11.5 Å². The summed E-state index contributed by atoms with van der Waals surface area (Å²) in [5, 5.41) is 3.24. The number of pyridine rings is 1. The SMILES string of the molecule is COc1ccc2c(Oc3ccc(NC(=O)c4c(C)n(OC(=O)[C@H](C(C)C)N(C)C)n(-c5ccccc5)c4=O)cc3F)ccnc2c1. The lowest BCUT2D eigenvalue weighted by Gasteiger charge is -2.26. The average Bonchev–Trinajstić information content (AvgIpc) is 3.26. The van der Waals surface area contributed by atoms with Crippen molar-refractivity contribution in [3.8, 4) is 22.9 Å². The maximum atomic E-state index is 15.3. The van der Waals surface area contributed by atoms with E-state index in [0.29, 0.717) is 28.1 Å². The van der Waals surface area contributed by atoms with E-state index in [0.717, 1.165) is 15.6 Å². The van der Waals surface area contributed by atoms with Gasteiger partial charge in [0.1, 0.15) is 23.1 Å². The van der Waals surface area contributed by atoms with Crippen molar-refractivity contribution < 1.29 is 28.3 Å². The Balaban J connectivity index is 1.44. The molecule has 238 valence electrons. The number of amides is 1. The van der Waals surface area contributed by atoms with E-state index in [4.69, 9.17) is 14.3 Å². The number of likely N-dealkylation sites (N-methyl/N-ethyl adjacent to an activating group) is 1. The van der Waals surface area contributed by atoms with Crippen LogP contribution >= 0.6 is 0 Å². The van der Waals surface area contributed by atoms with E-state index in [9.17, 15) is 14.4 Å². The third-order valence-electron chi connectivity index (χ3n) is 7.39. The topological polar surface area (TPSA) is 117 Å². The third kappa shape index (κ3) is 6.33. The Kier molecular flexibility index (Phi) is 9.19. The molecule has 5 aromatic rings. The minimum atomic E-state index is -0.808. The predicted octanol–water partition coefficient (Wildman–Crippen LogP) is 5.23. The molecule has 12 heteroatoms. The molecule has 0 spiro atoms. The number of aromatic nitrogens is 3. The van der Waals surface area contributed by atoms with Crippen LogP contribution in [0.3, 0.4) is 0 Å². The molecule has 5 rings (SSSR count). The fraction of sp³-hybridized carbons (Fsp3) is 0.235. The summed E-state index contributed by atoms with van der Waals surface area (Å²) in [4.78, 5) is 53.3. The first-order chi connectivity index (χ1) is 22.0. The lowest BCUT2D eigenvalue weighted by atomic mass is 10.0. The van der Waals surface area contributed by atoms with Crippen molar-refractivity contribution in [2.24, 2.45) is 5.92 Å². The number of nitrogens with one attached hydrogen (secondary N) is 1. The molecule has 0 bridgehead atoms. The lowest BCUT2D eigenvalue weighted by molar-refractivity contribution is -0.154. The standard InChI is InChI=1S/C34H34FN5O6/c1-20(2)31(38(4)5)34(43)46-40-21(3)30(33(42)39(40)23-10-8-7-9-11-23)32(41)37-22-12-15-29(26(35)18-22)45-28-16-17-36-27-19-24(44-6)13-14-25(27)28/h7-20,31H,1-6H3,(H,37,41)/t31-/m0/s1. The fourth-order valence-electron chi connectivity index (χ4n) is 5.26. The largest absolute Gasteiger partial charge is 0.497 e. The number of nitrogens with zero attached hydrogens (tertiary/aromatic N) is 4. The number of benzene rings is 3. The van der Waals surface area contributed by atoms with Crippen molar-refractivity contribution in [1.82, 2.24) is 19.4 Å². The minimum Gasteiger partial charge on any atom is -0.497 e. The summed E-state index contributed by atoms with van der Waals surface area (Å²) in [6, 6.07) is 18.7. The number of methoxy groups -OCH3 is 1. The van der Waals surface area contributed by atoms with Crippen molar-refractivity contribution in [3.63, 3.8) is 0 Å². The van der Waals surface area contributed by atoms with Gasteiger partial charge in [0, 0.05) is 29.4 Å². The molecule has 0 saturated carbocycles. The molecule has 0 aliphatic heterocycles. The highest BCUT2D eigenvalue weighted by atomic mass is 19.1. The van der Waals surface area contributed by atoms with Crippen molar-refractivity contribution in [3.05, 3.63) is 106 Å². The molecular weight excluding hydrogens is 593 g/mol. The molecule has 1 amide bonds. The van der Waals surface area contributed by atoms with Gasteiger partial charge in [-0.05, 0) is 69.4 Å². The number of para-hydroxylation sites is 1. The molecule has 1 N–H and O–H groups in total. The molecule has 3 aromatic carbocycles. The third-order valence-corrected chi connectivity index (χ3v) is 7.39. The zero-order chi connectivity index (χ0) is 33.1. The minimum absolute atomic E-state index is 0.0809. The number of hydrogen-bond donors (Lipinski definition) is 1. The fourth-order valence-corrected chi connectivity index (χ4v) is 5.26. The van der Waals surface area contributed by atoms with Crippen LogP contribution in [0.4, 0.5) is 10.1 Å². The Morgan fingerprint density at radius 2 is 1.72 bits per heavy atom. The molecule has 0 unspecified atom stereocenters. The van der Waals surface area contributed by atoms with Gasteiger partial charge in [-0.25, -0.2) is 9.18 Å². The Hall–Kier alpha value is -5.49. The summed E-state index contributed by atoms with van der Waals surface area (Å²) in [6.07, 6.45) is 1.54. The molecule has 0 aliphatic rings. The van der Waals surface area contributed by atoms with Crippen molar-refractivity contribution in [2.45, 2.75) is 26.8 Å². The van der Waals surface area contributed by atoms with E-state index in [1.54, 1.807) is 86.9 Å². The highest BCUT2D eigenvalue weighted by Gasteiger charge is 2.31. The summed E-state index contributed by atoms with van der Waals surface area (Å²) in [5.41, 5.74) is 0.160. The number of rotatable bonds is 10. The predicted molar refractivity (Wildman–Crippen MR) is 171 cm³/mol. The maximum Gasteiger partial charge on any atom is 0.352 e. The lowest BCUT2D eigenvalue weighted by Crippen LogP contribution is -2.46. The van der Waals surface area contributed by atoms with Gasteiger partial charge in [0.05, 0.1) is 24.0 Å². The number of carbonyl (C=O) groups excluding carboxylic acids is 2. The van der Waals surface area contributed by atoms with E-state index >= 15 is 4.39 Å². The van der Waals surface area contributed by atoms with Crippen molar-refractivity contribution >= 4 is 28.5 Å². The van der Waals surface area contributed by atoms with Gasteiger partial charge in [-0.15, -0.1) is 4.85 Å². The van der Waals surface area contributed by atoms with Crippen molar-refractivity contribution in [1.29, 1.82) is 0 Å². The second kappa shape index (κ2) is 13.2. The first kappa shape index (κ1) is 31.9. The zero-order valence-electron chi connectivity index (χ0n) is 26.3. The smallest absolute Gasteiger partial charge is 0.352 e. The normalized spacial score (nSPS) is 11.9. The Bertz CT molecular complexity index is 1960. The molecule has 11 nitrogen and oxygen atoms in total. The number of carbonyl (C=O) groups is 2. The van der Waals surface area contributed by atoms with E-state index in [1.165, 1.54) is 19.1 Å². The first-order valence-electron chi connectivity index (χ1n) is 14.5. The van der Waals surface area contributed by atoms with Crippen LogP contribution in [-0.4, -0.2) is 58.5 Å². The molecule has 0 radical (unpaired) electrons. The van der Waals surface area contributed by atoms with Crippen molar-refractivity contribution in [2.75, 3.05) is 26.5 Å². The zero-order valence-corrected chi connectivity index (χ0v) is 26.3. The van der Waals surface area contributed by atoms with Crippen LogP contribution in [-0.2, 0) is 4.79 Å². The Labute approximate surface area is 264 Å². The second-order valence-corrected chi connectivity index (χ2v) is 11.1. The van der Waals surface area contributed by atoms with Gasteiger partial charge < -0.3 is 19.6 Å². The summed E-state index contributed by atoms with van der Waals surface area (Å²) >= 11 is 0. The molecule has 0 saturated heterocycles. The first-order valence-corrected chi connectivity index (χ1v) is 14.5. The number of fused-ring (bicyclic) bond motifs is 1. The van der Waals surface area contributed by atoms with Crippen LogP contribution < -0.4 is 25.2 Å². The summed E-state index contributed by atoms with van der Waals surface area (Å²) in [7, 11) is 5.06. The monoisotopic (exact) mass is 627 g/mol. The number of hydrogen-bond acceptors (Lipinski definition) is 8. The molecule has 2 aromatic heterocycles. The van der Waals surface area contributed by atoms with E-state index in [-0.39, 0.29) is 28.6 Å². The van der Waals surface area contributed by atoms with Gasteiger partial charge in [-0.3, -0.25) is 19.5 Å². The summed E-state index contributed by atoms with van der Waals surface area (Å²) in [6.45, 7) is 5.25. The van der Waals surface area contributed by atoms with Gasteiger partial charge in [-0.2, -0.15) is 4.68 Å². The van der Waals surface area contributed by atoms with Crippen LogP contribution in [0.1, 0.15) is 29.9 Å². The van der Waals surface area contributed by atoms with Gasteiger partial charge in [-0.1, -0.05) is 32.0 Å². The second-order valence-electron chi connectivity index (χ2n) is 11.1. The molecule has 2 heterocycles. The molecule has 0 fully saturated rings. The van der Waals surface area contributed by atoms with Gasteiger partial charge in [0.2, 0.25) is 0 Å². The highest BCUT2D eigenvalue weighted by Crippen LogP contribution is 2.33. The Morgan fingerprint density at radius 3 is 2.37 bits per heavy atom. The van der Waals surface area contributed by atoms with E-state index in [1.807, 2.05) is 13.8 Å². The number of anilines is 1.